The van der Waals surface area contributed by atoms with Gasteiger partial charge in [0, 0.05) is 16.6 Å². The van der Waals surface area contributed by atoms with E-state index in [2.05, 4.69) is 5.32 Å². The van der Waals surface area contributed by atoms with Crippen LogP contribution < -0.4 is 5.32 Å². The van der Waals surface area contributed by atoms with Crippen molar-refractivity contribution in [1.82, 2.24) is 5.32 Å². The minimum atomic E-state index is 0.318. The summed E-state index contributed by atoms with van der Waals surface area (Å²) in [6.07, 6.45) is 0. The number of hydrogen-bond acceptors (Lipinski definition) is 2. The Morgan fingerprint density at radius 1 is 1.38 bits per heavy atom. The van der Waals surface area contributed by atoms with Gasteiger partial charge in [-0.3, -0.25) is 0 Å². The number of rotatable bonds is 3. The molecule has 0 aliphatic heterocycles. The second kappa shape index (κ2) is 5.08. The lowest BCUT2D eigenvalue weighted by atomic mass is 10.2. The van der Waals surface area contributed by atoms with Crippen molar-refractivity contribution >= 4 is 23.2 Å². The van der Waals surface area contributed by atoms with E-state index in [1.54, 1.807) is 12.1 Å². The average Bonchev–Trinajstić information content (AvgIpc) is 2.09. The summed E-state index contributed by atoms with van der Waals surface area (Å²) in [5.74, 6) is 0. The van der Waals surface area contributed by atoms with E-state index in [1.165, 1.54) is 0 Å². The highest BCUT2D eigenvalue weighted by atomic mass is 35.5. The Labute approximate surface area is 87.1 Å². The summed E-state index contributed by atoms with van der Waals surface area (Å²) in [5.41, 5.74) is 0.946. The van der Waals surface area contributed by atoms with Crippen LogP contribution in [0, 0.1) is 11.3 Å². The Hall–Kier alpha value is -0.750. The van der Waals surface area contributed by atoms with E-state index in [0.29, 0.717) is 23.1 Å². The summed E-state index contributed by atoms with van der Waals surface area (Å²) in [7, 11) is 0. The third-order valence-corrected chi connectivity index (χ3v) is 2.12. The maximum atomic E-state index is 8.29. The summed E-state index contributed by atoms with van der Waals surface area (Å²) >= 11 is 11.6. The molecule has 13 heavy (non-hydrogen) atoms. The minimum absolute atomic E-state index is 0.318. The molecule has 0 bridgehead atoms. The van der Waals surface area contributed by atoms with Crippen molar-refractivity contribution in [2.75, 3.05) is 6.54 Å². The molecule has 0 amide bonds. The molecule has 0 unspecified atom stereocenters. The average molecular weight is 215 g/mol. The zero-order valence-electron chi connectivity index (χ0n) is 6.85. The van der Waals surface area contributed by atoms with Crippen LogP contribution in [0.15, 0.2) is 18.2 Å². The zero-order chi connectivity index (χ0) is 9.68. The summed E-state index contributed by atoms with van der Waals surface area (Å²) < 4.78 is 0. The molecular weight excluding hydrogens is 207 g/mol. The summed E-state index contributed by atoms with van der Waals surface area (Å²) in [6.45, 7) is 0.905. The predicted molar refractivity (Wildman–Crippen MR) is 53.8 cm³/mol. The quantitative estimate of drug-likeness (QED) is 0.621. The van der Waals surface area contributed by atoms with Crippen molar-refractivity contribution in [2.24, 2.45) is 0 Å². The molecule has 0 fully saturated rings. The first kappa shape index (κ1) is 10.3. The molecule has 1 aromatic rings. The van der Waals surface area contributed by atoms with Gasteiger partial charge in [0.15, 0.2) is 0 Å². The second-order valence-corrected chi connectivity index (χ2v) is 3.34. The van der Waals surface area contributed by atoms with Gasteiger partial charge in [0.1, 0.15) is 0 Å². The third kappa shape index (κ3) is 3.23. The number of nitrogens with zero attached hydrogens (tertiary/aromatic N) is 1. The first-order chi connectivity index (χ1) is 6.24. The lowest BCUT2D eigenvalue weighted by Crippen LogP contribution is -2.13. The maximum absolute atomic E-state index is 8.29. The molecule has 68 valence electrons. The molecule has 4 heteroatoms. The lowest BCUT2D eigenvalue weighted by Gasteiger charge is -2.03. The number of hydrogen-bond donors (Lipinski definition) is 1. The number of benzene rings is 1. The first-order valence-corrected chi connectivity index (χ1v) is 4.51. The molecule has 2 nitrogen and oxygen atoms in total. The smallest absolute Gasteiger partial charge is 0.0843 e. The third-order valence-electron chi connectivity index (χ3n) is 1.53. The summed E-state index contributed by atoms with van der Waals surface area (Å²) in [4.78, 5) is 0. The van der Waals surface area contributed by atoms with Gasteiger partial charge in [-0.25, -0.2) is 0 Å². The van der Waals surface area contributed by atoms with Gasteiger partial charge < -0.3 is 5.32 Å². The molecule has 0 saturated heterocycles. The van der Waals surface area contributed by atoms with Crippen molar-refractivity contribution in [3.63, 3.8) is 0 Å². The van der Waals surface area contributed by atoms with Gasteiger partial charge in [-0.15, -0.1) is 0 Å². The standard InChI is InChI=1S/C9H8Cl2N2/c10-8-2-1-7(9(11)5-8)6-13-4-3-12/h1-2,5,13H,4,6H2. The fourth-order valence-electron chi connectivity index (χ4n) is 0.918. The normalized spacial score (nSPS) is 9.62. The van der Waals surface area contributed by atoms with Gasteiger partial charge in [-0.1, -0.05) is 29.3 Å². The van der Waals surface area contributed by atoms with E-state index >= 15 is 0 Å². The fraction of sp³-hybridized carbons (Fsp3) is 0.222. The lowest BCUT2D eigenvalue weighted by molar-refractivity contribution is 0.766. The monoisotopic (exact) mass is 214 g/mol. The van der Waals surface area contributed by atoms with Crippen LogP contribution in [-0.2, 0) is 6.54 Å². The molecule has 0 atom stereocenters. The van der Waals surface area contributed by atoms with E-state index in [1.807, 2.05) is 12.1 Å². The van der Waals surface area contributed by atoms with Crippen molar-refractivity contribution in [3.8, 4) is 6.07 Å². The highest BCUT2D eigenvalue weighted by Crippen LogP contribution is 2.20. The van der Waals surface area contributed by atoms with Gasteiger partial charge in [-0.2, -0.15) is 5.26 Å². The molecule has 0 radical (unpaired) electrons. The van der Waals surface area contributed by atoms with Crippen molar-refractivity contribution < 1.29 is 0 Å². The Morgan fingerprint density at radius 2 is 2.15 bits per heavy atom. The molecule has 0 aliphatic carbocycles. The van der Waals surface area contributed by atoms with E-state index in [0.717, 1.165) is 5.56 Å². The Balaban J connectivity index is 2.62. The van der Waals surface area contributed by atoms with Crippen LogP contribution in [0.1, 0.15) is 5.56 Å². The molecule has 1 rings (SSSR count). The Bertz CT molecular complexity index is 331. The topological polar surface area (TPSA) is 35.8 Å². The SMILES string of the molecule is N#CCNCc1ccc(Cl)cc1Cl. The van der Waals surface area contributed by atoms with Gasteiger partial charge in [-0.05, 0) is 17.7 Å². The Kier molecular flexibility index (Phi) is 4.04. The highest BCUT2D eigenvalue weighted by molar-refractivity contribution is 6.35. The summed E-state index contributed by atoms with van der Waals surface area (Å²) in [5, 5.41) is 12.5. The molecule has 0 saturated carbocycles. The van der Waals surface area contributed by atoms with E-state index in [9.17, 15) is 0 Å². The van der Waals surface area contributed by atoms with Crippen molar-refractivity contribution in [2.45, 2.75) is 6.54 Å². The molecule has 0 aromatic heterocycles. The van der Waals surface area contributed by atoms with E-state index in [-0.39, 0.29) is 0 Å². The van der Waals surface area contributed by atoms with Gasteiger partial charge in [0.2, 0.25) is 0 Å². The van der Waals surface area contributed by atoms with Crippen LogP contribution in [0.2, 0.25) is 10.0 Å². The number of halogens is 2. The largest absolute Gasteiger partial charge is 0.300 e. The number of nitrogens with one attached hydrogen (secondary N) is 1. The van der Waals surface area contributed by atoms with Gasteiger partial charge in [0.25, 0.3) is 0 Å². The van der Waals surface area contributed by atoms with E-state index < -0.39 is 0 Å². The van der Waals surface area contributed by atoms with E-state index in [4.69, 9.17) is 28.5 Å². The molecule has 0 heterocycles. The zero-order valence-corrected chi connectivity index (χ0v) is 8.36. The highest BCUT2D eigenvalue weighted by Gasteiger charge is 1.99. The van der Waals surface area contributed by atoms with Crippen LogP contribution in [0.4, 0.5) is 0 Å². The molecule has 1 aromatic carbocycles. The van der Waals surface area contributed by atoms with Crippen molar-refractivity contribution in [3.05, 3.63) is 33.8 Å². The summed E-state index contributed by atoms with van der Waals surface area (Å²) in [6, 6.07) is 7.29. The van der Waals surface area contributed by atoms with Crippen LogP contribution in [0.3, 0.4) is 0 Å². The van der Waals surface area contributed by atoms with Crippen LogP contribution in [0.25, 0.3) is 0 Å². The van der Waals surface area contributed by atoms with Gasteiger partial charge in [0.05, 0.1) is 12.6 Å². The fourth-order valence-corrected chi connectivity index (χ4v) is 1.39. The Morgan fingerprint density at radius 3 is 2.77 bits per heavy atom. The van der Waals surface area contributed by atoms with Crippen LogP contribution >= 0.6 is 23.2 Å². The molecule has 1 N–H and O–H groups in total. The van der Waals surface area contributed by atoms with Gasteiger partial charge >= 0.3 is 0 Å². The number of nitriles is 1. The maximum Gasteiger partial charge on any atom is 0.0843 e. The second-order valence-electron chi connectivity index (χ2n) is 2.50. The van der Waals surface area contributed by atoms with Crippen LogP contribution in [0.5, 0.6) is 0 Å². The molecular formula is C9H8Cl2N2. The first-order valence-electron chi connectivity index (χ1n) is 3.75. The molecule has 0 spiro atoms. The minimum Gasteiger partial charge on any atom is -0.300 e. The van der Waals surface area contributed by atoms with Crippen LogP contribution in [-0.4, -0.2) is 6.54 Å². The predicted octanol–water partition coefficient (Wildman–Crippen LogP) is 2.61. The van der Waals surface area contributed by atoms with Crippen molar-refractivity contribution in [1.29, 1.82) is 5.26 Å². The molecule has 0 aliphatic rings.